The lowest BCUT2D eigenvalue weighted by atomic mass is 10.2. The molecule has 1 aliphatic rings. The maximum Gasteiger partial charge on any atom is 0.222 e. The second-order valence-corrected chi connectivity index (χ2v) is 4.05. The zero-order valence-electron chi connectivity index (χ0n) is 9.15. The van der Waals surface area contributed by atoms with Crippen LogP contribution in [0.25, 0.3) is 0 Å². The van der Waals surface area contributed by atoms with Crippen molar-refractivity contribution in [1.29, 1.82) is 0 Å². The topological polar surface area (TPSA) is 50.5 Å². The Labute approximate surface area is 94.2 Å². The molecule has 0 radical (unpaired) electrons. The van der Waals surface area contributed by atoms with Gasteiger partial charge in [-0.15, -0.1) is 0 Å². The van der Waals surface area contributed by atoms with Crippen LogP contribution in [0.2, 0.25) is 0 Å². The second-order valence-electron chi connectivity index (χ2n) is 4.05. The number of carbonyl (C=O) groups is 2. The van der Waals surface area contributed by atoms with E-state index in [-0.39, 0.29) is 5.91 Å². The number of amides is 1. The normalized spacial score (nSPS) is 17.2. The third-order valence-electron chi connectivity index (χ3n) is 2.82. The minimum Gasteiger partial charge on any atom is -0.456 e. The van der Waals surface area contributed by atoms with E-state index in [1.807, 2.05) is 0 Å². The third-order valence-corrected chi connectivity index (χ3v) is 2.82. The van der Waals surface area contributed by atoms with Crippen LogP contribution in [0.3, 0.4) is 0 Å². The molecule has 0 aromatic carbocycles. The molecule has 1 aliphatic heterocycles. The minimum absolute atomic E-state index is 0.182. The second kappa shape index (κ2) is 4.96. The zero-order chi connectivity index (χ0) is 11.4. The van der Waals surface area contributed by atoms with Gasteiger partial charge in [-0.25, -0.2) is 0 Å². The number of aldehydes is 1. The Morgan fingerprint density at radius 3 is 2.94 bits per heavy atom. The highest BCUT2D eigenvalue weighted by Gasteiger charge is 2.17. The molecule has 4 nitrogen and oxygen atoms in total. The van der Waals surface area contributed by atoms with Gasteiger partial charge in [-0.05, 0) is 25.0 Å². The number of rotatable bonds is 3. The maximum atomic E-state index is 11.7. The lowest BCUT2D eigenvalue weighted by Gasteiger charge is -2.18. The molecule has 0 atom stereocenters. The minimum atomic E-state index is 0.182. The van der Waals surface area contributed by atoms with Crippen LogP contribution in [-0.2, 0) is 11.3 Å². The van der Waals surface area contributed by atoms with Gasteiger partial charge in [0, 0.05) is 13.0 Å². The molecule has 0 spiro atoms. The van der Waals surface area contributed by atoms with Gasteiger partial charge in [0.05, 0.1) is 6.54 Å². The van der Waals surface area contributed by atoms with Gasteiger partial charge in [0.1, 0.15) is 5.76 Å². The highest BCUT2D eigenvalue weighted by atomic mass is 16.3. The van der Waals surface area contributed by atoms with Crippen LogP contribution in [0, 0.1) is 0 Å². The van der Waals surface area contributed by atoms with Gasteiger partial charge in [-0.1, -0.05) is 6.42 Å². The summed E-state index contributed by atoms with van der Waals surface area (Å²) < 4.78 is 5.26. The number of carbonyl (C=O) groups excluding carboxylic acids is 2. The van der Waals surface area contributed by atoms with Crippen LogP contribution in [0.5, 0.6) is 0 Å². The van der Waals surface area contributed by atoms with E-state index < -0.39 is 0 Å². The molecule has 1 aromatic heterocycles. The van der Waals surface area contributed by atoms with Crippen LogP contribution in [-0.4, -0.2) is 23.6 Å². The number of likely N-dealkylation sites (tertiary alicyclic amines) is 1. The van der Waals surface area contributed by atoms with Crippen molar-refractivity contribution in [2.45, 2.75) is 32.2 Å². The summed E-state index contributed by atoms with van der Waals surface area (Å²) in [7, 11) is 0. The standard InChI is InChI=1S/C12H15NO3/c14-9-11-6-5-10(16-11)8-13-7-3-1-2-4-12(13)15/h5-6,9H,1-4,7-8H2. The number of furan rings is 1. The molecule has 16 heavy (non-hydrogen) atoms. The zero-order valence-corrected chi connectivity index (χ0v) is 9.15. The van der Waals surface area contributed by atoms with E-state index in [9.17, 15) is 9.59 Å². The molecule has 2 heterocycles. The van der Waals surface area contributed by atoms with Crippen LogP contribution in [0.15, 0.2) is 16.5 Å². The Bertz CT molecular complexity index is 383. The number of nitrogens with zero attached hydrogens (tertiary/aromatic N) is 1. The van der Waals surface area contributed by atoms with Crippen molar-refractivity contribution in [3.8, 4) is 0 Å². The Morgan fingerprint density at radius 1 is 1.31 bits per heavy atom. The number of hydrogen-bond donors (Lipinski definition) is 0. The first-order chi connectivity index (χ1) is 7.79. The number of hydrogen-bond acceptors (Lipinski definition) is 3. The largest absolute Gasteiger partial charge is 0.456 e. The van der Waals surface area contributed by atoms with Crippen molar-refractivity contribution in [3.63, 3.8) is 0 Å². The fourth-order valence-electron chi connectivity index (χ4n) is 1.94. The van der Waals surface area contributed by atoms with Gasteiger partial charge < -0.3 is 9.32 Å². The van der Waals surface area contributed by atoms with Gasteiger partial charge in [0.15, 0.2) is 12.0 Å². The molecule has 0 aliphatic carbocycles. The quantitative estimate of drug-likeness (QED) is 0.733. The van der Waals surface area contributed by atoms with E-state index in [1.165, 1.54) is 0 Å². The SMILES string of the molecule is O=Cc1ccc(CN2CCCCCC2=O)o1. The van der Waals surface area contributed by atoms with Gasteiger partial charge in [0.2, 0.25) is 5.91 Å². The van der Waals surface area contributed by atoms with Gasteiger partial charge in [0.25, 0.3) is 0 Å². The van der Waals surface area contributed by atoms with Crippen molar-refractivity contribution < 1.29 is 14.0 Å². The van der Waals surface area contributed by atoms with E-state index in [4.69, 9.17) is 4.42 Å². The van der Waals surface area contributed by atoms with Crippen molar-refractivity contribution in [2.75, 3.05) is 6.54 Å². The van der Waals surface area contributed by atoms with E-state index in [1.54, 1.807) is 17.0 Å². The average Bonchev–Trinajstić information content (AvgIpc) is 2.65. The average molecular weight is 221 g/mol. The molecular weight excluding hydrogens is 206 g/mol. The highest BCUT2D eigenvalue weighted by molar-refractivity contribution is 5.76. The molecule has 0 N–H and O–H groups in total. The van der Waals surface area contributed by atoms with E-state index in [0.29, 0.717) is 30.8 Å². The monoisotopic (exact) mass is 221 g/mol. The smallest absolute Gasteiger partial charge is 0.222 e. The molecule has 4 heteroatoms. The molecule has 86 valence electrons. The first-order valence-electron chi connectivity index (χ1n) is 5.61. The Kier molecular flexibility index (Phi) is 3.39. The predicted octanol–water partition coefficient (Wildman–Crippen LogP) is 1.99. The van der Waals surface area contributed by atoms with E-state index >= 15 is 0 Å². The molecule has 1 amide bonds. The van der Waals surface area contributed by atoms with Crippen LogP contribution in [0.4, 0.5) is 0 Å². The Balaban J connectivity index is 2.01. The van der Waals surface area contributed by atoms with Crippen molar-refractivity contribution in [3.05, 3.63) is 23.7 Å². The predicted molar refractivity (Wildman–Crippen MR) is 58.0 cm³/mol. The highest BCUT2D eigenvalue weighted by Crippen LogP contribution is 2.15. The third kappa shape index (κ3) is 2.51. The first-order valence-corrected chi connectivity index (χ1v) is 5.61. The summed E-state index contributed by atoms with van der Waals surface area (Å²) in [5, 5.41) is 0. The fraction of sp³-hybridized carbons (Fsp3) is 0.500. The van der Waals surface area contributed by atoms with Crippen molar-refractivity contribution in [2.24, 2.45) is 0 Å². The van der Waals surface area contributed by atoms with Crippen LogP contribution in [0.1, 0.15) is 42.0 Å². The summed E-state index contributed by atoms with van der Waals surface area (Å²) in [4.78, 5) is 24.0. The van der Waals surface area contributed by atoms with E-state index in [0.717, 1.165) is 25.8 Å². The molecule has 1 fully saturated rings. The van der Waals surface area contributed by atoms with Crippen molar-refractivity contribution >= 4 is 12.2 Å². The van der Waals surface area contributed by atoms with Crippen LogP contribution < -0.4 is 0 Å². The lowest BCUT2D eigenvalue weighted by molar-refractivity contribution is -0.131. The summed E-state index contributed by atoms with van der Waals surface area (Å²) in [5.41, 5.74) is 0. The summed E-state index contributed by atoms with van der Waals surface area (Å²) in [6.07, 6.45) is 4.44. The fourth-order valence-corrected chi connectivity index (χ4v) is 1.94. The van der Waals surface area contributed by atoms with Gasteiger partial charge >= 0.3 is 0 Å². The van der Waals surface area contributed by atoms with Crippen LogP contribution >= 0.6 is 0 Å². The maximum absolute atomic E-state index is 11.7. The molecular formula is C12H15NO3. The summed E-state index contributed by atoms with van der Waals surface area (Å²) in [5.74, 6) is 1.18. The van der Waals surface area contributed by atoms with Gasteiger partial charge in [-0.3, -0.25) is 9.59 Å². The lowest BCUT2D eigenvalue weighted by Crippen LogP contribution is -2.29. The summed E-state index contributed by atoms with van der Waals surface area (Å²) >= 11 is 0. The summed E-state index contributed by atoms with van der Waals surface area (Å²) in [6, 6.07) is 3.38. The van der Waals surface area contributed by atoms with E-state index in [2.05, 4.69) is 0 Å². The first kappa shape index (κ1) is 10.9. The molecule has 0 unspecified atom stereocenters. The van der Waals surface area contributed by atoms with Crippen molar-refractivity contribution in [1.82, 2.24) is 4.90 Å². The Morgan fingerprint density at radius 2 is 2.19 bits per heavy atom. The molecule has 2 rings (SSSR count). The molecule has 1 saturated heterocycles. The summed E-state index contributed by atoms with van der Waals surface area (Å²) in [6.45, 7) is 1.27. The Hall–Kier alpha value is -1.58. The molecule has 0 saturated carbocycles. The van der Waals surface area contributed by atoms with Gasteiger partial charge in [-0.2, -0.15) is 0 Å². The molecule has 1 aromatic rings. The molecule has 0 bridgehead atoms.